The fraction of sp³-hybridized carbons (Fsp3) is 0.381. The van der Waals surface area contributed by atoms with Gasteiger partial charge in [-0.1, -0.05) is 17.7 Å². The number of methoxy groups -OCH3 is 2. The van der Waals surface area contributed by atoms with Crippen LogP contribution in [0.3, 0.4) is 0 Å². The van der Waals surface area contributed by atoms with Gasteiger partial charge in [0.25, 0.3) is 5.91 Å². The van der Waals surface area contributed by atoms with Gasteiger partial charge in [0.15, 0.2) is 11.5 Å². The molecule has 0 radical (unpaired) electrons. The summed E-state index contributed by atoms with van der Waals surface area (Å²) in [4.78, 5) is 15.0. The van der Waals surface area contributed by atoms with E-state index in [1.807, 2.05) is 25.1 Å². The highest BCUT2D eigenvalue weighted by atomic mass is 35.5. The maximum atomic E-state index is 13.3. The van der Waals surface area contributed by atoms with Crippen molar-refractivity contribution in [2.45, 2.75) is 19.1 Å². The number of rotatable bonds is 5. The fourth-order valence-electron chi connectivity index (χ4n) is 3.57. The molecular formula is C21H24ClNO5. The van der Waals surface area contributed by atoms with Crippen LogP contribution in [-0.4, -0.2) is 56.0 Å². The van der Waals surface area contributed by atoms with Gasteiger partial charge in [-0.25, -0.2) is 0 Å². The van der Waals surface area contributed by atoms with Crippen LogP contribution in [0.1, 0.15) is 27.5 Å². The zero-order valence-corrected chi connectivity index (χ0v) is 16.9. The van der Waals surface area contributed by atoms with E-state index < -0.39 is 12.1 Å². The number of aryl methyl sites for hydroxylation is 1. The minimum absolute atomic E-state index is 0.160. The molecule has 3 rings (SSSR count). The number of carbonyl (C=O) groups excluding carboxylic acids is 1. The molecule has 1 heterocycles. The Morgan fingerprint density at radius 3 is 2.61 bits per heavy atom. The Labute approximate surface area is 169 Å². The third-order valence-corrected chi connectivity index (χ3v) is 5.05. The van der Waals surface area contributed by atoms with Crippen LogP contribution >= 0.6 is 11.6 Å². The molecular weight excluding hydrogens is 382 g/mol. The predicted molar refractivity (Wildman–Crippen MR) is 106 cm³/mol. The standard InChI is InChI=1S/C21H24ClNO5/c1-13-8-15(10-16(22)9-13)21(25)23-6-7-28-19(12-24)20(23)14-4-5-17(26-2)18(11-14)27-3/h4-5,8-11,19-20,24H,6-7,12H2,1-3H3/t19-,20-/m1/s1. The molecule has 7 heteroatoms. The Kier molecular flexibility index (Phi) is 6.44. The van der Waals surface area contributed by atoms with Crippen LogP contribution in [0.15, 0.2) is 36.4 Å². The molecule has 0 saturated carbocycles. The highest BCUT2D eigenvalue weighted by molar-refractivity contribution is 6.31. The van der Waals surface area contributed by atoms with Crippen molar-refractivity contribution in [2.75, 3.05) is 34.0 Å². The number of amides is 1. The van der Waals surface area contributed by atoms with Crippen molar-refractivity contribution in [1.82, 2.24) is 4.90 Å². The third-order valence-electron chi connectivity index (χ3n) is 4.83. The zero-order chi connectivity index (χ0) is 20.3. The van der Waals surface area contributed by atoms with Gasteiger partial charge in [-0.2, -0.15) is 0 Å². The molecule has 0 spiro atoms. The van der Waals surface area contributed by atoms with Crippen molar-refractivity contribution in [1.29, 1.82) is 0 Å². The summed E-state index contributed by atoms with van der Waals surface area (Å²) in [6, 6.07) is 10.3. The van der Waals surface area contributed by atoms with Crippen LogP contribution in [0.25, 0.3) is 0 Å². The summed E-state index contributed by atoms with van der Waals surface area (Å²) in [5.74, 6) is 0.979. The second kappa shape index (κ2) is 8.82. The predicted octanol–water partition coefficient (Wildman–Crippen LogP) is 3.24. The second-order valence-electron chi connectivity index (χ2n) is 6.67. The zero-order valence-electron chi connectivity index (χ0n) is 16.1. The Balaban J connectivity index is 2.02. The number of morpholine rings is 1. The molecule has 1 fully saturated rings. The number of hydrogen-bond acceptors (Lipinski definition) is 5. The lowest BCUT2D eigenvalue weighted by Crippen LogP contribution is -2.49. The van der Waals surface area contributed by atoms with Gasteiger partial charge in [-0.15, -0.1) is 0 Å². The first-order valence-corrected chi connectivity index (χ1v) is 9.38. The number of aliphatic hydroxyl groups excluding tert-OH is 1. The average molecular weight is 406 g/mol. The van der Waals surface area contributed by atoms with Gasteiger partial charge < -0.3 is 24.2 Å². The number of benzene rings is 2. The quantitative estimate of drug-likeness (QED) is 0.827. The van der Waals surface area contributed by atoms with Crippen molar-refractivity contribution in [2.24, 2.45) is 0 Å². The van der Waals surface area contributed by atoms with Gasteiger partial charge in [0.2, 0.25) is 0 Å². The van der Waals surface area contributed by atoms with E-state index in [1.165, 1.54) is 0 Å². The molecule has 1 N–H and O–H groups in total. The highest BCUT2D eigenvalue weighted by Crippen LogP contribution is 2.36. The van der Waals surface area contributed by atoms with Gasteiger partial charge in [0, 0.05) is 17.1 Å². The summed E-state index contributed by atoms with van der Waals surface area (Å²) in [6.45, 7) is 2.43. The molecule has 2 aromatic rings. The lowest BCUT2D eigenvalue weighted by atomic mass is 9.96. The molecule has 1 amide bonds. The SMILES string of the molecule is COc1ccc([C@@H]2[C@@H](CO)OCCN2C(=O)c2cc(C)cc(Cl)c2)cc1OC. The Morgan fingerprint density at radius 1 is 1.21 bits per heavy atom. The maximum Gasteiger partial charge on any atom is 0.254 e. The van der Waals surface area contributed by atoms with Gasteiger partial charge in [0.1, 0.15) is 6.10 Å². The number of carbonyl (C=O) groups is 1. The number of halogens is 1. The first-order chi connectivity index (χ1) is 13.5. The molecule has 1 aliphatic heterocycles. The minimum atomic E-state index is -0.545. The van der Waals surface area contributed by atoms with E-state index in [0.29, 0.717) is 35.2 Å². The largest absolute Gasteiger partial charge is 0.493 e. The number of ether oxygens (including phenoxy) is 3. The van der Waals surface area contributed by atoms with E-state index in [4.69, 9.17) is 25.8 Å². The summed E-state index contributed by atoms with van der Waals surface area (Å²) < 4.78 is 16.4. The van der Waals surface area contributed by atoms with Crippen LogP contribution in [-0.2, 0) is 4.74 Å². The van der Waals surface area contributed by atoms with Crippen molar-refractivity contribution in [3.8, 4) is 11.5 Å². The topological polar surface area (TPSA) is 68.2 Å². The van der Waals surface area contributed by atoms with Crippen LogP contribution in [0.4, 0.5) is 0 Å². The monoisotopic (exact) mass is 405 g/mol. The smallest absolute Gasteiger partial charge is 0.254 e. The van der Waals surface area contributed by atoms with Crippen molar-refractivity contribution in [3.63, 3.8) is 0 Å². The summed E-state index contributed by atoms with van der Waals surface area (Å²) in [5, 5.41) is 10.4. The molecule has 0 aliphatic carbocycles. The van der Waals surface area contributed by atoms with Gasteiger partial charge in [-0.05, 0) is 48.4 Å². The lowest BCUT2D eigenvalue weighted by Gasteiger charge is -2.41. The lowest BCUT2D eigenvalue weighted by molar-refractivity contribution is -0.0811. The summed E-state index contributed by atoms with van der Waals surface area (Å²) in [7, 11) is 3.12. The Bertz CT molecular complexity index is 836. The van der Waals surface area contributed by atoms with Crippen LogP contribution in [0.2, 0.25) is 5.02 Å². The molecule has 1 aliphatic rings. The van der Waals surface area contributed by atoms with Crippen molar-refractivity contribution in [3.05, 3.63) is 58.1 Å². The third kappa shape index (κ3) is 4.09. The first-order valence-electron chi connectivity index (χ1n) is 9.01. The maximum absolute atomic E-state index is 13.3. The van der Waals surface area contributed by atoms with E-state index in [-0.39, 0.29) is 12.5 Å². The number of hydrogen-bond donors (Lipinski definition) is 1. The van der Waals surface area contributed by atoms with E-state index >= 15 is 0 Å². The molecule has 0 unspecified atom stereocenters. The molecule has 0 aromatic heterocycles. The first kappa shape index (κ1) is 20.5. The molecule has 2 atom stereocenters. The molecule has 28 heavy (non-hydrogen) atoms. The van der Waals surface area contributed by atoms with Crippen LogP contribution in [0.5, 0.6) is 11.5 Å². The second-order valence-corrected chi connectivity index (χ2v) is 7.10. The van der Waals surface area contributed by atoms with Gasteiger partial charge in [0.05, 0.1) is 33.5 Å². The normalized spacial score (nSPS) is 19.4. The summed E-state index contributed by atoms with van der Waals surface area (Å²) in [5.41, 5.74) is 2.21. The number of aliphatic hydroxyl groups is 1. The Morgan fingerprint density at radius 2 is 1.96 bits per heavy atom. The molecule has 1 saturated heterocycles. The molecule has 150 valence electrons. The fourth-order valence-corrected chi connectivity index (χ4v) is 3.86. The summed E-state index contributed by atoms with van der Waals surface area (Å²) >= 11 is 6.15. The van der Waals surface area contributed by atoms with Gasteiger partial charge in [-0.3, -0.25) is 4.79 Å². The minimum Gasteiger partial charge on any atom is -0.493 e. The van der Waals surface area contributed by atoms with E-state index in [1.54, 1.807) is 37.3 Å². The van der Waals surface area contributed by atoms with Crippen molar-refractivity contribution >= 4 is 17.5 Å². The molecule has 2 aromatic carbocycles. The highest BCUT2D eigenvalue weighted by Gasteiger charge is 2.37. The Hall–Kier alpha value is -2.28. The molecule has 0 bridgehead atoms. The summed E-state index contributed by atoms with van der Waals surface area (Å²) in [6.07, 6.45) is -0.545. The number of nitrogens with zero attached hydrogens (tertiary/aromatic N) is 1. The van der Waals surface area contributed by atoms with E-state index in [2.05, 4.69) is 0 Å². The van der Waals surface area contributed by atoms with Crippen molar-refractivity contribution < 1.29 is 24.1 Å². The van der Waals surface area contributed by atoms with Gasteiger partial charge >= 0.3 is 0 Å². The molecule has 6 nitrogen and oxygen atoms in total. The van der Waals surface area contributed by atoms with Crippen LogP contribution in [0, 0.1) is 6.92 Å². The van der Waals surface area contributed by atoms with E-state index in [0.717, 1.165) is 11.1 Å². The van der Waals surface area contributed by atoms with Crippen LogP contribution < -0.4 is 9.47 Å². The van der Waals surface area contributed by atoms with E-state index in [9.17, 15) is 9.90 Å². The average Bonchev–Trinajstić information content (AvgIpc) is 2.71.